The van der Waals surface area contributed by atoms with E-state index in [1.807, 2.05) is 11.8 Å². The molecule has 1 nitrogen and oxygen atoms in total. The van der Waals surface area contributed by atoms with Crippen LogP contribution in [0.1, 0.15) is 5.56 Å². The minimum absolute atomic E-state index is 0.191. The smallest absolute Gasteiger partial charge is 0.123 e. The molecule has 92 valence electrons. The highest BCUT2D eigenvalue weighted by Crippen LogP contribution is 2.36. The molecule has 1 N–H and O–H groups in total. The molecule has 0 amide bonds. The van der Waals surface area contributed by atoms with Crippen LogP contribution in [0.5, 0.6) is 0 Å². The van der Waals surface area contributed by atoms with E-state index >= 15 is 0 Å². The van der Waals surface area contributed by atoms with Crippen molar-refractivity contribution >= 4 is 17.4 Å². The molecule has 3 rings (SSSR count). The molecule has 0 saturated heterocycles. The minimum atomic E-state index is -0.191. The van der Waals surface area contributed by atoms with Gasteiger partial charge in [0.25, 0.3) is 0 Å². The molecule has 0 aromatic heterocycles. The van der Waals surface area contributed by atoms with Gasteiger partial charge in [-0.2, -0.15) is 0 Å². The predicted octanol–water partition coefficient (Wildman–Crippen LogP) is 3.95. The van der Waals surface area contributed by atoms with E-state index in [9.17, 15) is 4.39 Å². The topological polar surface area (TPSA) is 12.0 Å². The molecule has 0 aliphatic carbocycles. The zero-order chi connectivity index (χ0) is 12.4. The molecule has 0 bridgehead atoms. The molecule has 2 aromatic carbocycles. The van der Waals surface area contributed by atoms with Gasteiger partial charge in [0.1, 0.15) is 5.82 Å². The van der Waals surface area contributed by atoms with Gasteiger partial charge in [-0.1, -0.05) is 18.2 Å². The predicted molar refractivity (Wildman–Crippen MR) is 74.7 cm³/mol. The molecule has 0 spiro atoms. The second kappa shape index (κ2) is 5.02. The van der Waals surface area contributed by atoms with Crippen LogP contribution in [0.25, 0.3) is 0 Å². The van der Waals surface area contributed by atoms with Crippen molar-refractivity contribution in [2.75, 3.05) is 11.9 Å². The molecule has 18 heavy (non-hydrogen) atoms. The standard InChI is InChI=1S/C15H14FNS/c16-12-5-7-13(8-6-12)17-10-14-9-11-3-1-2-4-15(11)18-14/h1-8,14,17H,9-10H2. The van der Waals surface area contributed by atoms with Crippen molar-refractivity contribution in [3.05, 3.63) is 59.9 Å². The summed E-state index contributed by atoms with van der Waals surface area (Å²) in [6.45, 7) is 0.908. The molecule has 2 aromatic rings. The van der Waals surface area contributed by atoms with Crippen molar-refractivity contribution in [2.24, 2.45) is 0 Å². The van der Waals surface area contributed by atoms with Crippen LogP contribution in [0.15, 0.2) is 53.4 Å². The van der Waals surface area contributed by atoms with Crippen LogP contribution in [0.2, 0.25) is 0 Å². The molecule has 1 aliphatic rings. The Morgan fingerprint density at radius 2 is 1.89 bits per heavy atom. The molecule has 1 heterocycles. The van der Waals surface area contributed by atoms with Crippen LogP contribution < -0.4 is 5.32 Å². The number of fused-ring (bicyclic) bond motifs is 1. The van der Waals surface area contributed by atoms with E-state index in [4.69, 9.17) is 0 Å². The SMILES string of the molecule is Fc1ccc(NCC2Cc3ccccc3S2)cc1. The van der Waals surface area contributed by atoms with E-state index in [1.54, 1.807) is 12.1 Å². The first-order valence-corrected chi connectivity index (χ1v) is 6.93. The van der Waals surface area contributed by atoms with Gasteiger partial charge in [-0.3, -0.25) is 0 Å². The van der Waals surface area contributed by atoms with Crippen LogP contribution in [0, 0.1) is 5.82 Å². The molecule has 1 aliphatic heterocycles. The number of rotatable bonds is 3. The van der Waals surface area contributed by atoms with Gasteiger partial charge < -0.3 is 5.32 Å². The van der Waals surface area contributed by atoms with Crippen LogP contribution in [0.4, 0.5) is 10.1 Å². The van der Waals surface area contributed by atoms with Gasteiger partial charge in [0.15, 0.2) is 0 Å². The van der Waals surface area contributed by atoms with Gasteiger partial charge >= 0.3 is 0 Å². The average molecular weight is 259 g/mol. The van der Waals surface area contributed by atoms with Gasteiger partial charge in [-0.15, -0.1) is 11.8 Å². The summed E-state index contributed by atoms with van der Waals surface area (Å²) in [5.74, 6) is -0.191. The monoisotopic (exact) mass is 259 g/mol. The van der Waals surface area contributed by atoms with E-state index in [0.717, 1.165) is 18.7 Å². The van der Waals surface area contributed by atoms with E-state index in [0.29, 0.717) is 5.25 Å². The fourth-order valence-electron chi connectivity index (χ4n) is 2.17. The zero-order valence-electron chi connectivity index (χ0n) is 9.90. The van der Waals surface area contributed by atoms with Gasteiger partial charge in [-0.05, 0) is 42.3 Å². The maximum atomic E-state index is 12.8. The largest absolute Gasteiger partial charge is 0.384 e. The van der Waals surface area contributed by atoms with E-state index in [-0.39, 0.29) is 5.82 Å². The highest BCUT2D eigenvalue weighted by atomic mass is 32.2. The van der Waals surface area contributed by atoms with Gasteiger partial charge in [0, 0.05) is 22.4 Å². The quantitative estimate of drug-likeness (QED) is 0.895. The second-order valence-corrected chi connectivity index (χ2v) is 5.78. The Morgan fingerprint density at radius 3 is 2.67 bits per heavy atom. The Morgan fingerprint density at radius 1 is 1.11 bits per heavy atom. The lowest BCUT2D eigenvalue weighted by Gasteiger charge is -2.11. The van der Waals surface area contributed by atoms with Gasteiger partial charge in [0.05, 0.1) is 0 Å². The second-order valence-electron chi connectivity index (χ2n) is 4.44. The summed E-state index contributed by atoms with van der Waals surface area (Å²) in [6.07, 6.45) is 1.11. The Bertz CT molecular complexity index is 513. The fourth-order valence-corrected chi connectivity index (χ4v) is 3.42. The number of nitrogens with one attached hydrogen (secondary N) is 1. The number of anilines is 1. The number of thioether (sulfide) groups is 1. The van der Waals surface area contributed by atoms with Crippen LogP contribution in [-0.2, 0) is 6.42 Å². The van der Waals surface area contributed by atoms with Crippen LogP contribution >= 0.6 is 11.8 Å². The summed E-state index contributed by atoms with van der Waals surface area (Å²) in [4.78, 5) is 1.39. The summed E-state index contributed by atoms with van der Waals surface area (Å²) in [7, 11) is 0. The molecule has 1 atom stereocenters. The van der Waals surface area contributed by atoms with Crippen molar-refractivity contribution < 1.29 is 4.39 Å². The highest BCUT2D eigenvalue weighted by Gasteiger charge is 2.21. The van der Waals surface area contributed by atoms with Crippen molar-refractivity contribution in [1.82, 2.24) is 0 Å². The first-order valence-electron chi connectivity index (χ1n) is 6.05. The lowest BCUT2D eigenvalue weighted by molar-refractivity contribution is 0.628. The highest BCUT2D eigenvalue weighted by molar-refractivity contribution is 8.00. The fraction of sp³-hybridized carbons (Fsp3) is 0.200. The molecule has 0 fully saturated rings. The first kappa shape index (κ1) is 11.6. The Hall–Kier alpha value is -1.48. The average Bonchev–Trinajstić information content (AvgIpc) is 2.81. The number of halogens is 1. The van der Waals surface area contributed by atoms with Crippen molar-refractivity contribution in [1.29, 1.82) is 0 Å². The van der Waals surface area contributed by atoms with Crippen molar-refractivity contribution in [3.63, 3.8) is 0 Å². The van der Waals surface area contributed by atoms with Gasteiger partial charge in [-0.25, -0.2) is 4.39 Å². The molecular formula is C15H14FNS. The third-order valence-electron chi connectivity index (χ3n) is 3.09. The summed E-state index contributed by atoms with van der Waals surface area (Å²) < 4.78 is 12.8. The number of benzene rings is 2. The van der Waals surface area contributed by atoms with E-state index < -0.39 is 0 Å². The van der Waals surface area contributed by atoms with E-state index in [2.05, 4.69) is 29.6 Å². The first-order chi connectivity index (χ1) is 8.81. The van der Waals surface area contributed by atoms with Crippen molar-refractivity contribution in [3.8, 4) is 0 Å². The third kappa shape index (κ3) is 2.51. The molecule has 0 radical (unpaired) electrons. The van der Waals surface area contributed by atoms with E-state index in [1.165, 1.54) is 22.6 Å². The molecule has 3 heteroatoms. The third-order valence-corrected chi connectivity index (χ3v) is 4.41. The normalized spacial score (nSPS) is 17.5. The molecule has 0 saturated carbocycles. The maximum absolute atomic E-state index is 12.8. The zero-order valence-corrected chi connectivity index (χ0v) is 10.7. The maximum Gasteiger partial charge on any atom is 0.123 e. The lowest BCUT2D eigenvalue weighted by atomic mass is 10.1. The summed E-state index contributed by atoms with van der Waals surface area (Å²) in [5.41, 5.74) is 2.42. The molecular weight excluding hydrogens is 245 g/mol. The Labute approximate surface area is 110 Å². The summed E-state index contributed by atoms with van der Waals surface area (Å²) >= 11 is 1.92. The molecule has 1 unspecified atom stereocenters. The number of hydrogen-bond donors (Lipinski definition) is 1. The summed E-state index contributed by atoms with van der Waals surface area (Å²) in [6, 6.07) is 15.1. The summed E-state index contributed by atoms with van der Waals surface area (Å²) in [5, 5.41) is 3.92. The Kier molecular flexibility index (Phi) is 3.24. The van der Waals surface area contributed by atoms with Crippen LogP contribution in [0.3, 0.4) is 0 Å². The van der Waals surface area contributed by atoms with Gasteiger partial charge in [0.2, 0.25) is 0 Å². The Balaban J connectivity index is 1.58. The minimum Gasteiger partial charge on any atom is -0.384 e. The lowest BCUT2D eigenvalue weighted by Crippen LogP contribution is -2.15. The van der Waals surface area contributed by atoms with Crippen molar-refractivity contribution in [2.45, 2.75) is 16.6 Å². The number of hydrogen-bond acceptors (Lipinski definition) is 2. The van der Waals surface area contributed by atoms with Crippen LogP contribution in [-0.4, -0.2) is 11.8 Å².